The summed E-state index contributed by atoms with van der Waals surface area (Å²) in [6.07, 6.45) is 0.542. The van der Waals surface area contributed by atoms with Gasteiger partial charge < -0.3 is 29.0 Å². The molecule has 2 N–H and O–H groups in total. The van der Waals surface area contributed by atoms with E-state index in [2.05, 4.69) is 6.58 Å². The van der Waals surface area contributed by atoms with Crippen LogP contribution in [0.1, 0.15) is 37.0 Å². The second-order valence-corrected chi connectivity index (χ2v) is 14.5. The first-order valence-corrected chi connectivity index (χ1v) is 14.4. The Morgan fingerprint density at radius 3 is 2.44 bits per heavy atom. The number of hydrogen-bond acceptors (Lipinski definition) is 7. The van der Waals surface area contributed by atoms with Gasteiger partial charge in [-0.2, -0.15) is 0 Å². The van der Waals surface area contributed by atoms with E-state index < -0.39 is 26.7 Å². The third-order valence-corrected chi connectivity index (χ3v) is 10.9. The highest BCUT2D eigenvalue weighted by atomic mass is 28.4. The van der Waals surface area contributed by atoms with Gasteiger partial charge in [0.15, 0.2) is 26.0 Å². The monoisotopic (exact) mass is 492 g/mol. The third kappa shape index (κ3) is 4.54. The molecular weight excluding hydrogens is 456 g/mol. The molecule has 34 heavy (non-hydrogen) atoms. The highest BCUT2D eigenvalue weighted by molar-refractivity contribution is 6.72. The fraction of sp³-hybridized carbons (Fsp3) is 0.583. The second-order valence-electron chi connectivity index (χ2n) is 10.1. The van der Waals surface area contributed by atoms with Crippen LogP contribution >= 0.6 is 0 Å². The second kappa shape index (κ2) is 9.59. The molecule has 1 fully saturated rings. The molecule has 9 nitrogen and oxygen atoms in total. The van der Waals surface area contributed by atoms with Gasteiger partial charge in [0.25, 0.3) is 5.91 Å². The fourth-order valence-electron chi connectivity index (χ4n) is 4.74. The van der Waals surface area contributed by atoms with Gasteiger partial charge in [0.1, 0.15) is 6.61 Å². The normalized spacial score (nSPS) is 22.6. The van der Waals surface area contributed by atoms with E-state index in [1.165, 1.54) is 32.4 Å². The molecule has 2 aliphatic heterocycles. The largest absolute Gasteiger partial charge is 0.493 e. The van der Waals surface area contributed by atoms with Crippen LogP contribution in [0.5, 0.6) is 11.5 Å². The van der Waals surface area contributed by atoms with E-state index in [-0.39, 0.29) is 34.7 Å². The van der Waals surface area contributed by atoms with Crippen LogP contribution in [0.4, 0.5) is 10.5 Å². The maximum Gasteiger partial charge on any atom is 0.416 e. The van der Waals surface area contributed by atoms with Crippen LogP contribution < -0.4 is 14.4 Å². The molecule has 1 aromatic rings. The van der Waals surface area contributed by atoms with E-state index in [1.807, 2.05) is 26.9 Å². The summed E-state index contributed by atoms with van der Waals surface area (Å²) in [5, 5.41) is 11.2. The van der Waals surface area contributed by atoms with Gasteiger partial charge in [0.2, 0.25) is 0 Å². The molecule has 2 aliphatic rings. The van der Waals surface area contributed by atoms with Crippen molar-refractivity contribution < 1.29 is 33.7 Å². The molecular formula is C24H36N2O7Si. The number of carbonyl (C=O) groups is 2. The van der Waals surface area contributed by atoms with E-state index in [4.69, 9.17) is 14.2 Å². The number of methoxy groups -OCH3 is 2. The molecule has 2 unspecified atom stereocenters. The molecule has 3 rings (SSSR count). The van der Waals surface area contributed by atoms with Crippen molar-refractivity contribution in [2.24, 2.45) is 5.92 Å². The van der Waals surface area contributed by atoms with E-state index in [0.717, 1.165) is 4.90 Å². The predicted molar refractivity (Wildman–Crippen MR) is 131 cm³/mol. The Balaban J connectivity index is 2.13. The van der Waals surface area contributed by atoms with Crippen LogP contribution in [0, 0.1) is 5.92 Å². The molecule has 188 valence electrons. The van der Waals surface area contributed by atoms with Crippen molar-refractivity contribution in [2.75, 3.05) is 32.3 Å². The molecule has 0 aliphatic carbocycles. The van der Waals surface area contributed by atoms with Crippen molar-refractivity contribution in [3.63, 3.8) is 0 Å². The summed E-state index contributed by atoms with van der Waals surface area (Å²) in [5.41, 5.74) is 0.403. The van der Waals surface area contributed by atoms with Crippen LogP contribution in [0.25, 0.3) is 0 Å². The number of amides is 2. The summed E-state index contributed by atoms with van der Waals surface area (Å²) in [5.74, 6) is 0.225. The minimum Gasteiger partial charge on any atom is -0.493 e. The van der Waals surface area contributed by atoms with Crippen molar-refractivity contribution >= 4 is 26.0 Å². The summed E-state index contributed by atoms with van der Waals surface area (Å²) < 4.78 is 16.1. The predicted octanol–water partition coefficient (Wildman–Crippen LogP) is 3.36. The van der Waals surface area contributed by atoms with E-state index in [9.17, 15) is 19.5 Å². The maximum atomic E-state index is 13.7. The number of nitrogens with zero attached hydrogens (tertiary/aromatic N) is 2. The summed E-state index contributed by atoms with van der Waals surface area (Å²) >= 11 is 0. The Kier molecular flexibility index (Phi) is 7.35. The maximum absolute atomic E-state index is 13.7. The van der Waals surface area contributed by atoms with E-state index in [0.29, 0.717) is 30.9 Å². The Hall–Kier alpha value is -2.56. The highest BCUT2D eigenvalue weighted by Gasteiger charge is 2.52. The number of carbonyl (C=O) groups excluding carboxylic acids is 2. The number of ether oxygens (including phenoxy) is 3. The molecule has 2 heterocycles. The first kappa shape index (κ1) is 26.0. The Morgan fingerprint density at radius 2 is 1.88 bits per heavy atom. The summed E-state index contributed by atoms with van der Waals surface area (Å²) in [4.78, 5) is 40.4. The number of rotatable bonds is 7. The van der Waals surface area contributed by atoms with Crippen molar-refractivity contribution in [3.8, 4) is 11.5 Å². The Labute approximate surface area is 202 Å². The number of aliphatic hydroxyl groups excluding tert-OH is 1. The van der Waals surface area contributed by atoms with Crippen molar-refractivity contribution in [1.82, 2.24) is 4.90 Å². The van der Waals surface area contributed by atoms with Gasteiger partial charge in [-0.05, 0) is 43.0 Å². The zero-order valence-electron chi connectivity index (χ0n) is 20.8. The molecule has 0 aromatic heterocycles. The lowest BCUT2D eigenvalue weighted by Crippen LogP contribution is -2.54. The quantitative estimate of drug-likeness (QED) is 0.444. The lowest BCUT2D eigenvalue weighted by molar-refractivity contribution is 0.0378. The van der Waals surface area contributed by atoms with Crippen molar-refractivity contribution in [3.05, 3.63) is 30.4 Å². The molecule has 1 aromatic carbocycles. The van der Waals surface area contributed by atoms with Crippen LogP contribution in [0.3, 0.4) is 0 Å². The van der Waals surface area contributed by atoms with Gasteiger partial charge in [-0.1, -0.05) is 26.5 Å². The molecule has 0 spiro atoms. The number of fused-ring (bicyclic) bond motifs is 2. The van der Waals surface area contributed by atoms with Crippen LogP contribution in [0.15, 0.2) is 24.8 Å². The van der Waals surface area contributed by atoms with Crippen molar-refractivity contribution in [1.29, 1.82) is 0 Å². The van der Waals surface area contributed by atoms with Crippen molar-refractivity contribution in [2.45, 2.75) is 57.1 Å². The van der Waals surface area contributed by atoms with E-state index >= 15 is 0 Å². The molecule has 2 amide bonds. The Morgan fingerprint density at radius 1 is 1.26 bits per heavy atom. The fourth-order valence-corrected chi connectivity index (χ4v) is 5.51. The molecule has 0 bridgehead atoms. The summed E-state index contributed by atoms with van der Waals surface area (Å²) in [6, 6.07) is 2.37. The average molecular weight is 493 g/mol. The molecule has 10 heteroatoms. The first-order valence-electron chi connectivity index (χ1n) is 11.4. The minimum atomic E-state index is -2.54. The molecule has 1 saturated heterocycles. The van der Waals surface area contributed by atoms with Gasteiger partial charge >= 0.3 is 6.09 Å². The number of hydrogen-bond donors (Lipinski definition) is 2. The van der Waals surface area contributed by atoms with Crippen LogP contribution in [-0.4, -0.2) is 74.8 Å². The Bertz CT molecular complexity index is 959. The van der Waals surface area contributed by atoms with Crippen LogP contribution in [0.2, 0.25) is 18.1 Å². The molecule has 3 atom stereocenters. The third-order valence-electron chi connectivity index (χ3n) is 7.36. The molecule has 0 saturated carbocycles. The van der Waals surface area contributed by atoms with Gasteiger partial charge in [-0.25, -0.2) is 9.69 Å². The standard InChI is InChI=1S/C24H36N2O7Si/c1-8-11-33-23(29)26-17-13-19(32-5)18(31-4)12-16(17)21(27)25-10-9-15(20(25)22(26)28)14-24(2,3)34(6,7)30/h8,12-13,15,20,22,28,30H,1,9-11,14H2,2-7H3/t15-,20?,22?/m1/s1. The van der Waals surface area contributed by atoms with Gasteiger partial charge in [0.05, 0.1) is 31.5 Å². The number of benzene rings is 1. The smallest absolute Gasteiger partial charge is 0.416 e. The molecule has 0 radical (unpaired) electrons. The summed E-state index contributed by atoms with van der Waals surface area (Å²) in [6.45, 7) is 11.8. The topological polar surface area (TPSA) is 109 Å². The lowest BCUT2D eigenvalue weighted by Gasteiger charge is -2.40. The van der Waals surface area contributed by atoms with Gasteiger partial charge in [-0.15, -0.1) is 0 Å². The minimum absolute atomic E-state index is 0.0479. The number of anilines is 1. The first-order chi connectivity index (χ1) is 15.9. The summed E-state index contributed by atoms with van der Waals surface area (Å²) in [7, 11) is 0.381. The SMILES string of the molecule is C=CCOC(=O)N1c2cc(OC)c(OC)cc2C(=O)N2CC[C@H](CC(C)(C)[Si](C)(C)O)C2C1O. The highest BCUT2D eigenvalue weighted by Crippen LogP contribution is 2.48. The van der Waals surface area contributed by atoms with Gasteiger partial charge in [-0.3, -0.25) is 4.79 Å². The zero-order chi connectivity index (χ0) is 25.4. The zero-order valence-corrected chi connectivity index (χ0v) is 21.8. The number of aliphatic hydroxyl groups is 1. The lowest BCUT2D eigenvalue weighted by atomic mass is 9.88. The van der Waals surface area contributed by atoms with Gasteiger partial charge in [0, 0.05) is 12.6 Å². The average Bonchev–Trinajstić information content (AvgIpc) is 3.15. The van der Waals surface area contributed by atoms with E-state index in [1.54, 1.807) is 4.90 Å². The van der Waals surface area contributed by atoms with Crippen LogP contribution in [-0.2, 0) is 4.74 Å².